The van der Waals surface area contributed by atoms with Crippen molar-refractivity contribution >= 4 is 5.69 Å². The Balaban J connectivity index is 2.15. The maximum Gasteiger partial charge on any atom is 0.269 e. The zero-order chi connectivity index (χ0) is 13.0. The van der Waals surface area contributed by atoms with Crippen molar-refractivity contribution in [1.82, 2.24) is 0 Å². The second-order valence-electron chi connectivity index (χ2n) is 4.17. The number of nitro benzene ring substituents is 1. The Morgan fingerprint density at radius 3 is 2.50 bits per heavy atom. The molecule has 0 N–H and O–H groups in total. The summed E-state index contributed by atoms with van der Waals surface area (Å²) in [6.07, 6.45) is 3.17. The van der Waals surface area contributed by atoms with Gasteiger partial charge in [0.1, 0.15) is 11.5 Å². The van der Waals surface area contributed by atoms with Gasteiger partial charge in [-0.25, -0.2) is 0 Å². The second kappa shape index (κ2) is 5.49. The van der Waals surface area contributed by atoms with Crippen LogP contribution in [-0.4, -0.2) is 4.92 Å². The van der Waals surface area contributed by atoms with E-state index >= 15 is 0 Å². The molecule has 4 heteroatoms. The molecule has 0 atom stereocenters. The van der Waals surface area contributed by atoms with Gasteiger partial charge in [0.25, 0.3) is 5.69 Å². The average molecular weight is 245 g/mol. The lowest BCUT2D eigenvalue weighted by molar-refractivity contribution is -0.384. The van der Waals surface area contributed by atoms with Crippen LogP contribution in [0.2, 0.25) is 0 Å². The first-order chi connectivity index (χ1) is 8.70. The molecule has 94 valence electrons. The van der Waals surface area contributed by atoms with Crippen LogP contribution >= 0.6 is 0 Å². The van der Waals surface area contributed by atoms with Crippen LogP contribution in [0.3, 0.4) is 0 Å². The third-order valence-electron chi connectivity index (χ3n) is 2.80. The molecule has 18 heavy (non-hydrogen) atoms. The number of nitro groups is 1. The standard InChI is InChI=1S/C14H15NO3/c1-2-3-4-13-9-10-14(18-13)11-5-7-12(8-6-11)15(16)17/h5-10H,2-4H2,1H3. The average Bonchev–Trinajstić information content (AvgIpc) is 2.85. The summed E-state index contributed by atoms with van der Waals surface area (Å²) in [5, 5.41) is 10.6. The fraction of sp³-hybridized carbons (Fsp3) is 0.286. The number of furan rings is 1. The number of hydrogen-bond donors (Lipinski definition) is 0. The van der Waals surface area contributed by atoms with Crippen LogP contribution < -0.4 is 0 Å². The molecule has 0 aliphatic rings. The Morgan fingerprint density at radius 1 is 1.17 bits per heavy atom. The molecular formula is C14H15NO3. The maximum absolute atomic E-state index is 10.6. The minimum absolute atomic E-state index is 0.0940. The molecule has 0 saturated heterocycles. The zero-order valence-electron chi connectivity index (χ0n) is 10.3. The van der Waals surface area contributed by atoms with Crippen molar-refractivity contribution in [2.45, 2.75) is 26.2 Å². The highest BCUT2D eigenvalue weighted by Crippen LogP contribution is 2.25. The van der Waals surface area contributed by atoms with Crippen molar-refractivity contribution in [2.24, 2.45) is 0 Å². The number of benzene rings is 1. The largest absolute Gasteiger partial charge is 0.461 e. The number of unbranched alkanes of at least 4 members (excludes halogenated alkanes) is 1. The molecule has 4 nitrogen and oxygen atoms in total. The molecule has 0 amide bonds. The SMILES string of the molecule is CCCCc1ccc(-c2ccc([N+](=O)[O-])cc2)o1. The molecule has 0 fully saturated rings. The number of non-ortho nitro benzene ring substituents is 1. The third-order valence-corrected chi connectivity index (χ3v) is 2.80. The minimum atomic E-state index is -0.404. The van der Waals surface area contributed by atoms with E-state index in [0.717, 1.165) is 36.3 Å². The fourth-order valence-electron chi connectivity index (χ4n) is 1.77. The van der Waals surface area contributed by atoms with Gasteiger partial charge in [-0.1, -0.05) is 13.3 Å². The normalized spacial score (nSPS) is 10.5. The van der Waals surface area contributed by atoms with Gasteiger partial charge in [-0.2, -0.15) is 0 Å². The molecule has 0 aliphatic carbocycles. The van der Waals surface area contributed by atoms with Crippen molar-refractivity contribution in [2.75, 3.05) is 0 Å². The number of aryl methyl sites for hydroxylation is 1. The fourth-order valence-corrected chi connectivity index (χ4v) is 1.77. The molecule has 0 spiro atoms. The molecule has 0 saturated carbocycles. The smallest absolute Gasteiger partial charge is 0.269 e. The topological polar surface area (TPSA) is 56.3 Å². The molecule has 1 heterocycles. The third kappa shape index (κ3) is 2.77. The van der Waals surface area contributed by atoms with E-state index < -0.39 is 4.92 Å². The Bertz CT molecular complexity index is 528. The summed E-state index contributed by atoms with van der Waals surface area (Å²) < 4.78 is 5.70. The first-order valence-electron chi connectivity index (χ1n) is 6.04. The summed E-state index contributed by atoms with van der Waals surface area (Å²) in [5.74, 6) is 1.72. The molecule has 0 bridgehead atoms. The van der Waals surface area contributed by atoms with Crippen LogP contribution in [0.15, 0.2) is 40.8 Å². The summed E-state index contributed by atoms with van der Waals surface area (Å²) in [5.41, 5.74) is 0.958. The van der Waals surface area contributed by atoms with Gasteiger partial charge in [0.15, 0.2) is 0 Å². The van der Waals surface area contributed by atoms with Crippen molar-refractivity contribution in [1.29, 1.82) is 0 Å². The predicted octanol–water partition coefficient (Wildman–Crippen LogP) is 4.20. The molecule has 2 rings (SSSR count). The Labute approximate surface area is 105 Å². The lowest BCUT2D eigenvalue weighted by Crippen LogP contribution is -1.86. The van der Waals surface area contributed by atoms with Crippen molar-refractivity contribution in [3.05, 3.63) is 52.3 Å². The van der Waals surface area contributed by atoms with E-state index in [1.165, 1.54) is 12.1 Å². The maximum atomic E-state index is 10.6. The van der Waals surface area contributed by atoms with Crippen molar-refractivity contribution in [3.8, 4) is 11.3 Å². The summed E-state index contributed by atoms with van der Waals surface area (Å²) in [6, 6.07) is 10.3. The quantitative estimate of drug-likeness (QED) is 0.586. The summed E-state index contributed by atoms with van der Waals surface area (Å²) in [7, 11) is 0. The number of rotatable bonds is 5. The lowest BCUT2D eigenvalue weighted by atomic mass is 10.1. The first kappa shape index (κ1) is 12.4. The molecule has 2 aromatic rings. The number of hydrogen-bond acceptors (Lipinski definition) is 3. The van der Waals surface area contributed by atoms with Crippen LogP contribution in [-0.2, 0) is 6.42 Å². The van der Waals surface area contributed by atoms with Crippen molar-refractivity contribution in [3.63, 3.8) is 0 Å². The van der Waals surface area contributed by atoms with E-state index in [0.29, 0.717) is 0 Å². The highest BCUT2D eigenvalue weighted by molar-refractivity contribution is 5.59. The number of nitrogens with zero attached hydrogens (tertiary/aromatic N) is 1. The predicted molar refractivity (Wildman–Crippen MR) is 69.4 cm³/mol. The summed E-state index contributed by atoms with van der Waals surface area (Å²) in [4.78, 5) is 10.1. The van der Waals surface area contributed by atoms with Crippen LogP contribution in [0.4, 0.5) is 5.69 Å². The van der Waals surface area contributed by atoms with Gasteiger partial charge in [-0.3, -0.25) is 10.1 Å². The molecule has 0 unspecified atom stereocenters. The molecule has 0 aliphatic heterocycles. The first-order valence-corrected chi connectivity index (χ1v) is 6.04. The van der Waals surface area contributed by atoms with Gasteiger partial charge >= 0.3 is 0 Å². The van der Waals surface area contributed by atoms with E-state index in [9.17, 15) is 10.1 Å². The molecule has 1 aromatic carbocycles. The summed E-state index contributed by atoms with van der Waals surface area (Å²) in [6.45, 7) is 2.14. The molecule has 1 aromatic heterocycles. The Kier molecular flexibility index (Phi) is 3.77. The monoisotopic (exact) mass is 245 g/mol. The van der Waals surface area contributed by atoms with E-state index in [1.807, 2.05) is 12.1 Å². The van der Waals surface area contributed by atoms with E-state index in [4.69, 9.17) is 4.42 Å². The highest BCUT2D eigenvalue weighted by Gasteiger charge is 2.08. The molecular weight excluding hydrogens is 230 g/mol. The van der Waals surface area contributed by atoms with E-state index in [2.05, 4.69) is 6.92 Å². The van der Waals surface area contributed by atoms with Gasteiger partial charge < -0.3 is 4.42 Å². The van der Waals surface area contributed by atoms with E-state index in [1.54, 1.807) is 12.1 Å². The van der Waals surface area contributed by atoms with Crippen LogP contribution in [0.5, 0.6) is 0 Å². The highest BCUT2D eigenvalue weighted by atomic mass is 16.6. The zero-order valence-corrected chi connectivity index (χ0v) is 10.3. The summed E-state index contributed by atoms with van der Waals surface area (Å²) >= 11 is 0. The van der Waals surface area contributed by atoms with Gasteiger partial charge in [0, 0.05) is 24.1 Å². The van der Waals surface area contributed by atoms with E-state index in [-0.39, 0.29) is 5.69 Å². The second-order valence-corrected chi connectivity index (χ2v) is 4.17. The lowest BCUT2D eigenvalue weighted by Gasteiger charge is -1.97. The van der Waals surface area contributed by atoms with Gasteiger partial charge in [0.05, 0.1) is 4.92 Å². The Hall–Kier alpha value is -2.10. The van der Waals surface area contributed by atoms with Crippen LogP contribution in [0.1, 0.15) is 25.5 Å². The van der Waals surface area contributed by atoms with Gasteiger partial charge in [-0.15, -0.1) is 0 Å². The molecule has 0 radical (unpaired) electrons. The van der Waals surface area contributed by atoms with Gasteiger partial charge in [0.2, 0.25) is 0 Å². The van der Waals surface area contributed by atoms with Crippen LogP contribution in [0.25, 0.3) is 11.3 Å². The minimum Gasteiger partial charge on any atom is -0.461 e. The van der Waals surface area contributed by atoms with Crippen LogP contribution in [0, 0.1) is 10.1 Å². The Morgan fingerprint density at radius 2 is 1.89 bits per heavy atom. The van der Waals surface area contributed by atoms with Crippen molar-refractivity contribution < 1.29 is 9.34 Å². The van der Waals surface area contributed by atoms with Gasteiger partial charge in [-0.05, 0) is 30.7 Å².